The number of hydrogen-bond acceptors (Lipinski definition) is 0. The average molecular weight is 234 g/mol. The maximum absolute atomic E-state index is 2.45. The first kappa shape index (κ1) is 10.4. The fourth-order valence-corrected chi connectivity index (χ4v) is 3.90. The van der Waals surface area contributed by atoms with E-state index in [-0.39, 0.29) is 0 Å². The van der Waals surface area contributed by atoms with Gasteiger partial charge in [-0.2, -0.15) is 0 Å². The van der Waals surface area contributed by atoms with Gasteiger partial charge in [0.25, 0.3) is 0 Å². The van der Waals surface area contributed by atoms with E-state index in [1.165, 1.54) is 30.0 Å². The van der Waals surface area contributed by atoms with Crippen molar-refractivity contribution >= 4 is 10.8 Å². The molecule has 0 unspecified atom stereocenters. The Bertz CT molecular complexity index is 650. The molecule has 0 saturated carbocycles. The lowest BCUT2D eigenvalue weighted by Crippen LogP contribution is -2.26. The molecule has 0 saturated heterocycles. The zero-order valence-corrected chi connectivity index (χ0v) is 10.8. The molecule has 0 heteroatoms. The molecule has 0 bridgehead atoms. The molecular formula is C18H18. The summed E-state index contributed by atoms with van der Waals surface area (Å²) in [5.41, 5.74) is 3.66. The standard InChI is InChI=1S/C18H18/c1-18-11-4-7-17(18)16-9-8-13-5-2-3-6-14(13)15(16)10-12-18/h2-9,17H,10-12H2,1H3/t17-,18-/m0/s1. The molecule has 90 valence electrons. The van der Waals surface area contributed by atoms with Crippen LogP contribution in [0.3, 0.4) is 0 Å². The van der Waals surface area contributed by atoms with Crippen molar-refractivity contribution in [3.05, 3.63) is 59.7 Å². The quantitative estimate of drug-likeness (QED) is 0.572. The van der Waals surface area contributed by atoms with Gasteiger partial charge in [0.05, 0.1) is 0 Å². The van der Waals surface area contributed by atoms with E-state index < -0.39 is 0 Å². The van der Waals surface area contributed by atoms with Crippen molar-refractivity contribution < 1.29 is 0 Å². The van der Waals surface area contributed by atoms with Crippen molar-refractivity contribution in [2.45, 2.75) is 32.1 Å². The summed E-state index contributed by atoms with van der Waals surface area (Å²) < 4.78 is 0. The van der Waals surface area contributed by atoms with Crippen LogP contribution in [0.1, 0.15) is 36.8 Å². The van der Waals surface area contributed by atoms with Gasteiger partial charge in [-0.05, 0) is 46.6 Å². The lowest BCUT2D eigenvalue weighted by molar-refractivity contribution is 0.268. The first-order valence-corrected chi connectivity index (χ1v) is 6.95. The summed E-state index contributed by atoms with van der Waals surface area (Å²) in [6.45, 7) is 2.45. The van der Waals surface area contributed by atoms with Crippen LogP contribution in [-0.2, 0) is 6.42 Å². The van der Waals surface area contributed by atoms with E-state index in [0.29, 0.717) is 11.3 Å². The van der Waals surface area contributed by atoms with E-state index in [4.69, 9.17) is 0 Å². The number of aryl methyl sites for hydroxylation is 1. The molecule has 2 atom stereocenters. The van der Waals surface area contributed by atoms with Crippen molar-refractivity contribution in [2.75, 3.05) is 0 Å². The van der Waals surface area contributed by atoms with E-state index in [2.05, 4.69) is 55.5 Å². The SMILES string of the molecule is C[C@@]12CC=C[C@H]1c1ccc3ccccc3c1CC2. The maximum atomic E-state index is 2.45. The second-order valence-electron chi connectivity index (χ2n) is 6.12. The molecule has 2 aliphatic rings. The molecule has 2 aromatic carbocycles. The van der Waals surface area contributed by atoms with Crippen LogP contribution in [-0.4, -0.2) is 0 Å². The molecule has 0 heterocycles. The Hall–Kier alpha value is -1.56. The summed E-state index contributed by atoms with van der Waals surface area (Å²) in [4.78, 5) is 0. The van der Waals surface area contributed by atoms with Gasteiger partial charge < -0.3 is 0 Å². The van der Waals surface area contributed by atoms with Crippen molar-refractivity contribution in [3.63, 3.8) is 0 Å². The number of fused-ring (bicyclic) bond motifs is 5. The highest BCUT2D eigenvalue weighted by atomic mass is 14.4. The predicted octanol–water partition coefficient (Wildman–Crippen LogP) is 4.84. The number of hydrogen-bond donors (Lipinski definition) is 0. The Labute approximate surface area is 108 Å². The molecule has 0 fully saturated rings. The Morgan fingerprint density at radius 3 is 2.94 bits per heavy atom. The van der Waals surface area contributed by atoms with Crippen molar-refractivity contribution in [1.29, 1.82) is 0 Å². The summed E-state index contributed by atoms with van der Waals surface area (Å²) in [5.74, 6) is 0.644. The largest absolute Gasteiger partial charge is 0.0873 e. The van der Waals surface area contributed by atoms with E-state index in [1.54, 1.807) is 11.1 Å². The molecule has 4 rings (SSSR count). The molecule has 0 aliphatic heterocycles. The fraction of sp³-hybridized carbons (Fsp3) is 0.333. The van der Waals surface area contributed by atoms with E-state index in [9.17, 15) is 0 Å². The fourth-order valence-electron chi connectivity index (χ4n) is 3.90. The third-order valence-electron chi connectivity index (χ3n) is 5.02. The van der Waals surface area contributed by atoms with Crippen molar-refractivity contribution in [3.8, 4) is 0 Å². The summed E-state index contributed by atoms with van der Waals surface area (Å²) >= 11 is 0. The molecule has 0 nitrogen and oxygen atoms in total. The minimum atomic E-state index is 0.482. The normalized spacial score (nSPS) is 29.3. The van der Waals surface area contributed by atoms with Gasteiger partial charge in [-0.1, -0.05) is 55.5 Å². The molecule has 2 aliphatic carbocycles. The Balaban J connectivity index is 2.00. The third kappa shape index (κ3) is 1.26. The van der Waals surface area contributed by atoms with Gasteiger partial charge in [0, 0.05) is 5.92 Å². The van der Waals surface area contributed by atoms with Crippen molar-refractivity contribution in [2.24, 2.45) is 5.41 Å². The molecule has 0 amide bonds. The summed E-state index contributed by atoms with van der Waals surface area (Å²) in [7, 11) is 0. The highest BCUT2D eigenvalue weighted by molar-refractivity contribution is 5.87. The van der Waals surface area contributed by atoms with Crippen LogP contribution in [0.25, 0.3) is 10.8 Å². The third-order valence-corrected chi connectivity index (χ3v) is 5.02. The van der Waals surface area contributed by atoms with Crippen molar-refractivity contribution in [1.82, 2.24) is 0 Å². The van der Waals surface area contributed by atoms with Crippen LogP contribution in [0.5, 0.6) is 0 Å². The van der Waals surface area contributed by atoms with E-state index >= 15 is 0 Å². The second kappa shape index (κ2) is 3.47. The van der Waals surface area contributed by atoms with Crippen LogP contribution >= 0.6 is 0 Å². The van der Waals surface area contributed by atoms with E-state index in [1.807, 2.05) is 0 Å². The average Bonchev–Trinajstić information content (AvgIpc) is 2.80. The van der Waals surface area contributed by atoms with Crippen LogP contribution in [0, 0.1) is 5.41 Å². The van der Waals surface area contributed by atoms with Gasteiger partial charge in [0.1, 0.15) is 0 Å². The van der Waals surface area contributed by atoms with E-state index in [0.717, 1.165) is 0 Å². The molecule has 18 heavy (non-hydrogen) atoms. The predicted molar refractivity (Wildman–Crippen MR) is 76.9 cm³/mol. The maximum Gasteiger partial charge on any atom is 0.00778 e. The highest BCUT2D eigenvalue weighted by Gasteiger charge is 2.40. The van der Waals surface area contributed by atoms with Crippen LogP contribution < -0.4 is 0 Å². The van der Waals surface area contributed by atoms with Crippen LogP contribution in [0.4, 0.5) is 0 Å². The first-order chi connectivity index (χ1) is 8.78. The summed E-state index contributed by atoms with van der Waals surface area (Å²) in [6.07, 6.45) is 8.64. The Kier molecular flexibility index (Phi) is 2.00. The van der Waals surface area contributed by atoms with Gasteiger partial charge >= 0.3 is 0 Å². The molecular weight excluding hydrogens is 216 g/mol. The molecule has 0 spiro atoms. The Morgan fingerprint density at radius 1 is 1.11 bits per heavy atom. The molecule has 0 N–H and O–H groups in total. The minimum Gasteiger partial charge on any atom is -0.0873 e. The summed E-state index contributed by atoms with van der Waals surface area (Å²) in [5, 5.41) is 2.86. The zero-order chi connectivity index (χ0) is 12.2. The molecule has 0 aromatic heterocycles. The number of rotatable bonds is 0. The topological polar surface area (TPSA) is 0 Å². The first-order valence-electron chi connectivity index (χ1n) is 6.95. The monoisotopic (exact) mass is 234 g/mol. The zero-order valence-electron chi connectivity index (χ0n) is 10.8. The van der Waals surface area contributed by atoms with Gasteiger partial charge in [-0.25, -0.2) is 0 Å². The smallest absolute Gasteiger partial charge is 0.00778 e. The van der Waals surface area contributed by atoms with Crippen LogP contribution in [0.2, 0.25) is 0 Å². The lowest BCUT2D eigenvalue weighted by Gasteiger charge is -2.38. The van der Waals surface area contributed by atoms with Gasteiger partial charge in [0.15, 0.2) is 0 Å². The lowest BCUT2D eigenvalue weighted by atomic mass is 9.66. The highest BCUT2D eigenvalue weighted by Crippen LogP contribution is 2.53. The Morgan fingerprint density at radius 2 is 2.00 bits per heavy atom. The summed E-state index contributed by atoms with van der Waals surface area (Å²) in [6, 6.07) is 13.5. The minimum absolute atomic E-state index is 0.482. The molecule has 0 radical (unpaired) electrons. The second-order valence-corrected chi connectivity index (χ2v) is 6.12. The molecule has 2 aromatic rings. The number of allylic oxidation sites excluding steroid dienone is 2. The van der Waals surface area contributed by atoms with Crippen LogP contribution in [0.15, 0.2) is 48.6 Å². The van der Waals surface area contributed by atoms with Gasteiger partial charge in [0.2, 0.25) is 0 Å². The van der Waals surface area contributed by atoms with Gasteiger partial charge in [-0.15, -0.1) is 0 Å². The van der Waals surface area contributed by atoms with Gasteiger partial charge in [-0.3, -0.25) is 0 Å². The number of benzene rings is 2.